The molecule has 5 heteroatoms. The van der Waals surface area contributed by atoms with Gasteiger partial charge in [0.25, 0.3) is 0 Å². The second-order valence-electron chi connectivity index (χ2n) is 4.90. The van der Waals surface area contributed by atoms with Crippen LogP contribution >= 0.6 is 24.0 Å². The van der Waals surface area contributed by atoms with Crippen molar-refractivity contribution in [3.63, 3.8) is 0 Å². The normalized spacial score (nSPS) is 13.3. The number of ketones is 1. The molecular weight excluding hydrogens is 256 g/mol. The topological polar surface area (TPSA) is 26.3 Å². The number of Topliss-reactive ketones (excluding diaryl/α,β-unsaturated/α-hetero) is 1. The summed E-state index contributed by atoms with van der Waals surface area (Å²) in [6, 6.07) is 0. The first-order valence-corrected chi connectivity index (χ1v) is 10.5. The van der Waals surface area contributed by atoms with Gasteiger partial charge in [0, 0.05) is 11.3 Å². The van der Waals surface area contributed by atoms with Crippen LogP contribution < -0.4 is 0 Å². The lowest BCUT2D eigenvalue weighted by Gasteiger charge is -2.27. The molecule has 0 radical (unpaired) electrons. The van der Waals surface area contributed by atoms with E-state index in [-0.39, 0.29) is 5.78 Å². The van der Waals surface area contributed by atoms with Crippen LogP contribution in [0.2, 0.25) is 19.6 Å². The Morgan fingerprint density at radius 1 is 1.44 bits per heavy atom. The molecule has 0 aromatic heterocycles. The average Bonchev–Trinajstić information content (AvgIpc) is 2.10. The molecule has 2 nitrogen and oxygen atoms in total. The minimum absolute atomic E-state index is 0.256. The summed E-state index contributed by atoms with van der Waals surface area (Å²) in [6.45, 7) is 11.1. The molecule has 0 bridgehead atoms. The van der Waals surface area contributed by atoms with Crippen LogP contribution in [0.25, 0.3) is 0 Å². The van der Waals surface area contributed by atoms with E-state index in [1.54, 1.807) is 18.7 Å². The maximum Gasteiger partial charge on any atom is 0.219 e. The zero-order chi connectivity index (χ0) is 12.8. The van der Waals surface area contributed by atoms with Gasteiger partial charge >= 0.3 is 0 Å². The molecule has 1 atom stereocenters. The van der Waals surface area contributed by atoms with Crippen LogP contribution in [0.3, 0.4) is 0 Å². The highest BCUT2D eigenvalue weighted by Crippen LogP contribution is 2.28. The van der Waals surface area contributed by atoms with Gasteiger partial charge in [0.2, 0.25) is 4.38 Å². The summed E-state index contributed by atoms with van der Waals surface area (Å²) in [5.41, 5.74) is 0. The molecule has 0 aliphatic rings. The van der Waals surface area contributed by atoms with Crippen molar-refractivity contribution < 1.29 is 9.53 Å². The summed E-state index contributed by atoms with van der Waals surface area (Å²) in [6.07, 6.45) is 1.57. The van der Waals surface area contributed by atoms with Gasteiger partial charge in [-0.2, -0.15) is 0 Å². The van der Waals surface area contributed by atoms with E-state index in [0.717, 1.165) is 6.42 Å². The van der Waals surface area contributed by atoms with Gasteiger partial charge < -0.3 is 9.53 Å². The largest absolute Gasteiger partial charge is 0.479 e. The van der Waals surface area contributed by atoms with Gasteiger partial charge in [-0.3, -0.25) is 0 Å². The predicted molar refractivity (Wildman–Crippen MR) is 78.9 cm³/mol. The molecule has 0 aliphatic heterocycles. The first kappa shape index (κ1) is 16.1. The number of carbonyl (C=O) groups excluding carboxylic acids is 1. The highest BCUT2D eigenvalue weighted by molar-refractivity contribution is 8.23. The van der Waals surface area contributed by atoms with Gasteiger partial charge in [-0.15, -0.1) is 0 Å². The number of carbonyl (C=O) groups is 1. The summed E-state index contributed by atoms with van der Waals surface area (Å²) in [5, 5.41) is 0. The Labute approximate surface area is 110 Å². The van der Waals surface area contributed by atoms with Crippen LogP contribution in [0.15, 0.2) is 0 Å². The quantitative estimate of drug-likeness (QED) is 0.547. The summed E-state index contributed by atoms with van der Waals surface area (Å²) in [5.74, 6) is 0.256. The average molecular weight is 279 g/mol. The molecule has 0 heterocycles. The van der Waals surface area contributed by atoms with Crippen LogP contribution in [0.1, 0.15) is 26.7 Å². The highest BCUT2D eigenvalue weighted by atomic mass is 32.2. The highest BCUT2D eigenvalue weighted by Gasteiger charge is 2.28. The molecule has 1 unspecified atom stereocenters. The number of rotatable bonds is 6. The van der Waals surface area contributed by atoms with Crippen LogP contribution in [-0.2, 0) is 9.53 Å². The summed E-state index contributed by atoms with van der Waals surface area (Å²) in [7, 11) is -1.30. The molecule has 0 aliphatic carbocycles. The summed E-state index contributed by atoms with van der Waals surface area (Å²) < 4.78 is 5.93. The van der Waals surface area contributed by atoms with E-state index < -0.39 is 8.07 Å². The van der Waals surface area contributed by atoms with E-state index in [9.17, 15) is 4.79 Å². The molecule has 0 N–H and O–H groups in total. The van der Waals surface area contributed by atoms with Crippen molar-refractivity contribution in [1.29, 1.82) is 0 Å². The van der Waals surface area contributed by atoms with Gasteiger partial charge in [0.1, 0.15) is 5.78 Å². The van der Waals surface area contributed by atoms with Crippen molar-refractivity contribution >= 4 is 42.2 Å². The van der Waals surface area contributed by atoms with E-state index >= 15 is 0 Å². The minimum Gasteiger partial charge on any atom is -0.479 e. The number of thiocarbonyl (C=S) groups is 1. The molecule has 0 rings (SSSR count). The van der Waals surface area contributed by atoms with Crippen molar-refractivity contribution in [2.24, 2.45) is 0 Å². The number of hydrogen-bond acceptors (Lipinski definition) is 4. The van der Waals surface area contributed by atoms with Crippen molar-refractivity contribution in [2.75, 3.05) is 6.61 Å². The standard InChI is InChI=1S/C11H22O2S2Si/c1-6-13-11(14)15-10(16(3,4)5)8-7-9(2)12/h10H,6-8H2,1-5H3. The molecule has 0 amide bonds. The van der Waals surface area contributed by atoms with Crippen LogP contribution in [0.5, 0.6) is 0 Å². The molecule has 94 valence electrons. The smallest absolute Gasteiger partial charge is 0.219 e. The van der Waals surface area contributed by atoms with Gasteiger partial charge in [-0.25, -0.2) is 0 Å². The van der Waals surface area contributed by atoms with E-state index in [1.807, 2.05) is 6.92 Å². The van der Waals surface area contributed by atoms with Crippen LogP contribution in [0, 0.1) is 0 Å². The Morgan fingerprint density at radius 3 is 2.38 bits per heavy atom. The van der Waals surface area contributed by atoms with Gasteiger partial charge in [-0.1, -0.05) is 31.4 Å². The summed E-state index contributed by atoms with van der Waals surface area (Å²) in [4.78, 5) is 11.5. The van der Waals surface area contributed by atoms with Crippen LogP contribution in [-0.4, -0.2) is 29.7 Å². The first-order chi connectivity index (χ1) is 7.27. The number of hydrogen-bond donors (Lipinski definition) is 0. The maximum absolute atomic E-state index is 11.0. The Bertz CT molecular complexity index is 249. The van der Waals surface area contributed by atoms with Gasteiger partial charge in [0.15, 0.2) is 0 Å². The Morgan fingerprint density at radius 2 is 2.00 bits per heavy atom. The van der Waals surface area contributed by atoms with Gasteiger partial charge in [-0.05, 0) is 32.5 Å². The second-order valence-corrected chi connectivity index (χ2v) is 12.5. The fourth-order valence-corrected chi connectivity index (χ4v) is 5.39. The zero-order valence-electron chi connectivity index (χ0n) is 10.8. The van der Waals surface area contributed by atoms with Crippen molar-refractivity contribution in [1.82, 2.24) is 0 Å². The Balaban J connectivity index is 4.32. The van der Waals surface area contributed by atoms with E-state index in [0.29, 0.717) is 22.3 Å². The second kappa shape index (κ2) is 7.45. The van der Waals surface area contributed by atoms with Gasteiger partial charge in [0.05, 0.1) is 14.7 Å². The van der Waals surface area contributed by atoms with Crippen molar-refractivity contribution in [3.05, 3.63) is 0 Å². The number of thioether (sulfide) groups is 1. The molecule has 0 aromatic rings. The maximum atomic E-state index is 11.0. The third-order valence-electron chi connectivity index (χ3n) is 2.23. The molecule has 0 spiro atoms. The lowest BCUT2D eigenvalue weighted by molar-refractivity contribution is -0.117. The lowest BCUT2D eigenvalue weighted by Crippen LogP contribution is -2.37. The zero-order valence-corrected chi connectivity index (χ0v) is 13.5. The van der Waals surface area contributed by atoms with E-state index in [4.69, 9.17) is 17.0 Å². The summed E-state index contributed by atoms with van der Waals surface area (Å²) >= 11 is 6.79. The monoisotopic (exact) mass is 278 g/mol. The minimum atomic E-state index is -1.30. The van der Waals surface area contributed by atoms with Crippen molar-refractivity contribution in [3.8, 4) is 0 Å². The van der Waals surface area contributed by atoms with E-state index in [2.05, 4.69) is 19.6 Å². The molecule has 16 heavy (non-hydrogen) atoms. The predicted octanol–water partition coefficient (Wildman–Crippen LogP) is 3.66. The fraction of sp³-hybridized carbons (Fsp3) is 0.818. The molecule has 0 saturated carbocycles. The SMILES string of the molecule is CCOC(=S)SC(CCC(C)=O)[Si](C)(C)C. The third kappa shape index (κ3) is 7.41. The molecular formula is C11H22O2S2Si. The Kier molecular flexibility index (Phi) is 7.51. The Hall–Kier alpha value is 0.127. The number of ether oxygens (including phenoxy) is 1. The molecule has 0 saturated heterocycles. The molecule has 0 aromatic carbocycles. The lowest BCUT2D eigenvalue weighted by atomic mass is 10.2. The molecule has 0 fully saturated rings. The first-order valence-electron chi connectivity index (χ1n) is 5.60. The van der Waals surface area contributed by atoms with Crippen LogP contribution in [0.4, 0.5) is 0 Å². The van der Waals surface area contributed by atoms with E-state index in [1.165, 1.54) is 0 Å². The van der Waals surface area contributed by atoms with Crippen molar-refractivity contribution in [2.45, 2.75) is 51.2 Å². The third-order valence-corrected chi connectivity index (χ3v) is 8.16. The fourth-order valence-electron chi connectivity index (χ4n) is 1.27.